The molecule has 0 radical (unpaired) electrons. The molecular weight excluding hydrogens is 206 g/mol. The number of hydrogen-bond donors (Lipinski definition) is 0. The minimum atomic E-state index is -0.0982. The Labute approximate surface area is 94.7 Å². The Bertz CT molecular complexity index is 360. The third-order valence-corrected chi connectivity index (χ3v) is 4.58. The van der Waals surface area contributed by atoms with E-state index in [1.54, 1.807) is 11.3 Å². The topological polar surface area (TPSA) is 30.0 Å². The predicted molar refractivity (Wildman–Crippen MR) is 62.1 cm³/mol. The molecular formula is C12H17NOS. The van der Waals surface area contributed by atoms with Crippen molar-refractivity contribution in [3.05, 3.63) is 16.1 Å². The van der Waals surface area contributed by atoms with Crippen LogP contribution in [0.3, 0.4) is 0 Å². The van der Waals surface area contributed by atoms with Crippen molar-refractivity contribution in [1.29, 1.82) is 0 Å². The monoisotopic (exact) mass is 223 g/mol. The lowest BCUT2D eigenvalue weighted by molar-refractivity contribution is -0.117. The molecule has 1 aliphatic carbocycles. The molecule has 1 aromatic rings. The third kappa shape index (κ3) is 1.98. The van der Waals surface area contributed by atoms with E-state index in [1.807, 2.05) is 13.1 Å². The molecule has 0 spiro atoms. The molecule has 0 aliphatic heterocycles. The summed E-state index contributed by atoms with van der Waals surface area (Å²) in [5, 5.41) is 1.09. The molecule has 0 aromatic carbocycles. The standard InChI is InChI=1S/C12H17NOS/c1-9-4-3-5-12(9,8-14)6-11-7-13-10(2)15-11/h7-9H,3-6H2,1-2H3. The first-order valence-corrected chi connectivity index (χ1v) is 6.35. The average Bonchev–Trinajstić information content (AvgIpc) is 2.76. The van der Waals surface area contributed by atoms with E-state index in [2.05, 4.69) is 11.9 Å². The summed E-state index contributed by atoms with van der Waals surface area (Å²) in [5.41, 5.74) is -0.0982. The molecule has 1 saturated carbocycles. The first-order valence-electron chi connectivity index (χ1n) is 5.54. The molecule has 3 heteroatoms. The van der Waals surface area contributed by atoms with E-state index in [4.69, 9.17) is 0 Å². The zero-order valence-electron chi connectivity index (χ0n) is 9.32. The number of thiazole rings is 1. The Morgan fingerprint density at radius 2 is 2.53 bits per heavy atom. The summed E-state index contributed by atoms with van der Waals surface area (Å²) >= 11 is 1.72. The van der Waals surface area contributed by atoms with Crippen molar-refractivity contribution in [1.82, 2.24) is 4.98 Å². The lowest BCUT2D eigenvalue weighted by atomic mass is 9.77. The molecule has 2 nitrogen and oxygen atoms in total. The van der Waals surface area contributed by atoms with E-state index in [-0.39, 0.29) is 5.41 Å². The van der Waals surface area contributed by atoms with Gasteiger partial charge in [-0.05, 0) is 32.1 Å². The normalized spacial score (nSPS) is 30.7. The quantitative estimate of drug-likeness (QED) is 0.737. The predicted octanol–water partition coefficient (Wildman–Crippen LogP) is 3.00. The van der Waals surface area contributed by atoms with Crippen LogP contribution in [0.1, 0.15) is 36.1 Å². The molecule has 1 heterocycles. The van der Waals surface area contributed by atoms with Crippen LogP contribution in [0.15, 0.2) is 6.20 Å². The third-order valence-electron chi connectivity index (χ3n) is 3.67. The number of nitrogens with zero attached hydrogens (tertiary/aromatic N) is 1. The Morgan fingerprint density at radius 3 is 3.00 bits per heavy atom. The number of rotatable bonds is 3. The van der Waals surface area contributed by atoms with E-state index < -0.39 is 0 Å². The van der Waals surface area contributed by atoms with Crippen molar-refractivity contribution in [2.45, 2.75) is 39.5 Å². The van der Waals surface area contributed by atoms with Crippen LogP contribution in [0.5, 0.6) is 0 Å². The summed E-state index contributed by atoms with van der Waals surface area (Å²) in [6, 6.07) is 0. The van der Waals surface area contributed by atoms with Gasteiger partial charge in [-0.15, -0.1) is 11.3 Å². The largest absolute Gasteiger partial charge is 0.303 e. The van der Waals surface area contributed by atoms with E-state index in [0.29, 0.717) is 5.92 Å². The summed E-state index contributed by atoms with van der Waals surface area (Å²) in [6.07, 6.45) is 7.45. The van der Waals surface area contributed by atoms with Gasteiger partial charge in [0.1, 0.15) is 6.29 Å². The Morgan fingerprint density at radius 1 is 1.73 bits per heavy atom. The van der Waals surface area contributed by atoms with Crippen molar-refractivity contribution in [2.24, 2.45) is 11.3 Å². The first kappa shape index (κ1) is 10.8. The molecule has 82 valence electrons. The van der Waals surface area contributed by atoms with Crippen LogP contribution in [-0.2, 0) is 11.2 Å². The first-order chi connectivity index (χ1) is 7.16. The maximum absolute atomic E-state index is 11.3. The van der Waals surface area contributed by atoms with E-state index in [9.17, 15) is 4.79 Å². The summed E-state index contributed by atoms with van der Waals surface area (Å²) < 4.78 is 0. The van der Waals surface area contributed by atoms with Gasteiger partial charge in [0, 0.05) is 16.5 Å². The summed E-state index contributed by atoms with van der Waals surface area (Å²) in [4.78, 5) is 16.8. The van der Waals surface area contributed by atoms with E-state index >= 15 is 0 Å². The van der Waals surface area contributed by atoms with Gasteiger partial charge in [-0.3, -0.25) is 0 Å². The minimum Gasteiger partial charge on any atom is -0.303 e. The molecule has 1 fully saturated rings. The number of aromatic nitrogens is 1. The van der Waals surface area contributed by atoms with Crippen LogP contribution in [-0.4, -0.2) is 11.3 Å². The summed E-state index contributed by atoms with van der Waals surface area (Å²) in [6.45, 7) is 4.22. The van der Waals surface area contributed by atoms with Crippen LogP contribution in [0, 0.1) is 18.3 Å². The van der Waals surface area contributed by atoms with Crippen molar-refractivity contribution in [3.63, 3.8) is 0 Å². The number of carbonyl (C=O) groups is 1. The molecule has 1 aliphatic rings. The maximum atomic E-state index is 11.3. The Kier molecular flexibility index (Phi) is 2.91. The SMILES string of the molecule is Cc1ncc(CC2(C=O)CCCC2C)s1. The van der Waals surface area contributed by atoms with E-state index in [1.165, 1.54) is 24.0 Å². The van der Waals surface area contributed by atoms with Gasteiger partial charge < -0.3 is 4.79 Å². The smallest absolute Gasteiger partial charge is 0.126 e. The highest BCUT2D eigenvalue weighted by Gasteiger charge is 2.40. The van der Waals surface area contributed by atoms with Crippen molar-refractivity contribution < 1.29 is 4.79 Å². The molecule has 0 saturated heterocycles. The zero-order chi connectivity index (χ0) is 10.9. The lowest BCUT2D eigenvalue weighted by Gasteiger charge is -2.26. The molecule has 15 heavy (non-hydrogen) atoms. The highest BCUT2D eigenvalue weighted by Crippen LogP contribution is 2.44. The van der Waals surface area contributed by atoms with Crippen molar-refractivity contribution in [3.8, 4) is 0 Å². The van der Waals surface area contributed by atoms with Gasteiger partial charge >= 0.3 is 0 Å². The Balaban J connectivity index is 2.18. The summed E-state index contributed by atoms with van der Waals surface area (Å²) in [7, 11) is 0. The molecule has 2 rings (SSSR count). The maximum Gasteiger partial charge on any atom is 0.126 e. The second-order valence-electron chi connectivity index (χ2n) is 4.67. The van der Waals surface area contributed by atoms with Gasteiger partial charge in [0.05, 0.1) is 5.01 Å². The highest BCUT2D eigenvalue weighted by molar-refractivity contribution is 7.11. The van der Waals surface area contributed by atoms with E-state index in [0.717, 1.165) is 17.8 Å². The van der Waals surface area contributed by atoms with Crippen molar-refractivity contribution >= 4 is 17.6 Å². The Hall–Kier alpha value is -0.700. The number of carbonyl (C=O) groups excluding carboxylic acids is 1. The number of hydrogen-bond acceptors (Lipinski definition) is 3. The number of aryl methyl sites for hydroxylation is 1. The zero-order valence-corrected chi connectivity index (χ0v) is 10.1. The second-order valence-corrected chi connectivity index (χ2v) is 5.99. The van der Waals surface area contributed by atoms with Gasteiger partial charge in [-0.1, -0.05) is 13.3 Å². The van der Waals surface area contributed by atoms with Crippen LogP contribution >= 0.6 is 11.3 Å². The summed E-state index contributed by atoms with van der Waals surface area (Å²) in [5.74, 6) is 0.525. The fraction of sp³-hybridized carbons (Fsp3) is 0.667. The van der Waals surface area contributed by atoms with Gasteiger partial charge in [0.2, 0.25) is 0 Å². The van der Waals surface area contributed by atoms with Gasteiger partial charge in [-0.25, -0.2) is 4.98 Å². The van der Waals surface area contributed by atoms with Crippen LogP contribution in [0.2, 0.25) is 0 Å². The lowest BCUT2D eigenvalue weighted by Crippen LogP contribution is -2.27. The fourth-order valence-corrected chi connectivity index (χ4v) is 3.49. The average molecular weight is 223 g/mol. The molecule has 2 unspecified atom stereocenters. The number of aldehydes is 1. The fourth-order valence-electron chi connectivity index (χ4n) is 2.56. The van der Waals surface area contributed by atoms with Crippen LogP contribution in [0.25, 0.3) is 0 Å². The molecule has 0 N–H and O–H groups in total. The van der Waals surface area contributed by atoms with Gasteiger partial charge in [0.15, 0.2) is 0 Å². The van der Waals surface area contributed by atoms with Crippen LogP contribution < -0.4 is 0 Å². The highest BCUT2D eigenvalue weighted by atomic mass is 32.1. The van der Waals surface area contributed by atoms with Gasteiger partial charge in [-0.2, -0.15) is 0 Å². The second kappa shape index (κ2) is 4.05. The molecule has 0 bridgehead atoms. The van der Waals surface area contributed by atoms with Crippen molar-refractivity contribution in [2.75, 3.05) is 0 Å². The molecule has 2 atom stereocenters. The molecule has 1 aromatic heterocycles. The minimum absolute atomic E-state index is 0.0982. The molecule has 0 amide bonds. The van der Waals surface area contributed by atoms with Gasteiger partial charge in [0.25, 0.3) is 0 Å². The van der Waals surface area contributed by atoms with Crippen LogP contribution in [0.4, 0.5) is 0 Å².